The van der Waals surface area contributed by atoms with Gasteiger partial charge in [0.2, 0.25) is 5.91 Å². The van der Waals surface area contributed by atoms with E-state index in [1.165, 1.54) is 30.6 Å². The zero-order chi connectivity index (χ0) is 17.2. The van der Waals surface area contributed by atoms with E-state index in [0.717, 1.165) is 37.0 Å². The number of nitrogens with one attached hydrogen (secondary N) is 1. The van der Waals surface area contributed by atoms with E-state index in [1.54, 1.807) is 0 Å². The number of nitrogens with two attached hydrogens (primary N) is 1. The molecule has 0 atom stereocenters. The van der Waals surface area contributed by atoms with Crippen LogP contribution in [0.2, 0.25) is 0 Å². The predicted octanol–water partition coefficient (Wildman–Crippen LogP) is 4.31. The molecule has 0 saturated carbocycles. The molecule has 3 rings (SSSR count). The Balaban J connectivity index is 0.00000169. The van der Waals surface area contributed by atoms with Gasteiger partial charge in [-0.3, -0.25) is 4.79 Å². The number of hydrogen-bond acceptors (Lipinski definition) is 3. The molecule has 0 saturated heterocycles. The summed E-state index contributed by atoms with van der Waals surface area (Å²) < 4.78 is 2.33. The molecule has 5 nitrogen and oxygen atoms in total. The Kier molecular flexibility index (Phi) is 8.38. The molecule has 0 fully saturated rings. The van der Waals surface area contributed by atoms with E-state index >= 15 is 0 Å². The van der Waals surface area contributed by atoms with E-state index in [2.05, 4.69) is 16.0 Å². The highest BCUT2D eigenvalue weighted by molar-refractivity contribution is 5.97. The molecular weight excluding hydrogens is 371 g/mol. The molecule has 0 aliphatic carbocycles. The van der Waals surface area contributed by atoms with Gasteiger partial charge < -0.3 is 15.6 Å². The van der Waals surface area contributed by atoms with Crippen LogP contribution in [-0.4, -0.2) is 22.0 Å². The molecule has 146 valence electrons. The van der Waals surface area contributed by atoms with Crippen LogP contribution in [0, 0.1) is 5.41 Å². The number of carbonyl (C=O) groups is 1. The van der Waals surface area contributed by atoms with Gasteiger partial charge in [-0.2, -0.15) is 0 Å². The number of aromatic nitrogens is 2. The molecule has 2 heterocycles. The molecule has 0 radical (unpaired) electrons. The number of anilines is 1. The second kappa shape index (κ2) is 9.58. The van der Waals surface area contributed by atoms with Crippen LogP contribution in [0.3, 0.4) is 0 Å². The van der Waals surface area contributed by atoms with Gasteiger partial charge in [0.15, 0.2) is 0 Å². The lowest BCUT2D eigenvalue weighted by atomic mass is 9.81. The second-order valence-electron chi connectivity index (χ2n) is 6.84. The van der Waals surface area contributed by atoms with Crippen LogP contribution in [0.15, 0.2) is 18.2 Å². The van der Waals surface area contributed by atoms with Crippen molar-refractivity contribution in [2.75, 3.05) is 11.9 Å². The Hall–Kier alpha value is -1.30. The van der Waals surface area contributed by atoms with Gasteiger partial charge in [-0.05, 0) is 43.9 Å². The number of carbonyl (C=O) groups excluding carboxylic acids is 1. The fourth-order valence-electron chi connectivity index (χ4n) is 3.64. The number of rotatable bonds is 5. The van der Waals surface area contributed by atoms with Crippen molar-refractivity contribution in [2.45, 2.75) is 58.9 Å². The van der Waals surface area contributed by atoms with Gasteiger partial charge in [0.25, 0.3) is 0 Å². The number of amides is 1. The van der Waals surface area contributed by atoms with Crippen molar-refractivity contribution in [3.63, 3.8) is 0 Å². The van der Waals surface area contributed by atoms with E-state index in [-0.39, 0.29) is 30.7 Å². The molecule has 0 spiro atoms. The molecule has 26 heavy (non-hydrogen) atoms. The summed E-state index contributed by atoms with van der Waals surface area (Å²) in [6, 6.07) is 6.04. The fourth-order valence-corrected chi connectivity index (χ4v) is 3.64. The molecule has 1 aliphatic rings. The Morgan fingerprint density at radius 2 is 1.96 bits per heavy atom. The van der Waals surface area contributed by atoms with Gasteiger partial charge in [-0.25, -0.2) is 4.98 Å². The van der Waals surface area contributed by atoms with Crippen molar-refractivity contribution < 1.29 is 4.79 Å². The fraction of sp³-hybridized carbons (Fsp3) is 0.579. The van der Waals surface area contributed by atoms with Crippen LogP contribution in [0.25, 0.3) is 11.0 Å². The molecule has 1 aromatic heterocycles. The average molecular weight is 401 g/mol. The molecular formula is C19H30Cl2N4O. The maximum Gasteiger partial charge on any atom is 0.231 e. The molecule has 7 heteroatoms. The van der Waals surface area contributed by atoms with Crippen molar-refractivity contribution in [1.82, 2.24) is 9.55 Å². The third-order valence-electron chi connectivity index (χ3n) is 5.59. The number of imidazole rings is 1. The van der Waals surface area contributed by atoms with E-state index in [0.29, 0.717) is 6.54 Å². The van der Waals surface area contributed by atoms with Crippen molar-refractivity contribution in [1.29, 1.82) is 0 Å². The first kappa shape index (κ1) is 22.7. The van der Waals surface area contributed by atoms with Gasteiger partial charge in [0.05, 0.1) is 16.4 Å². The summed E-state index contributed by atoms with van der Waals surface area (Å²) in [5, 5.41) is 3.05. The lowest BCUT2D eigenvalue weighted by Gasteiger charge is -2.28. The number of benzene rings is 1. The highest BCUT2D eigenvalue weighted by Gasteiger charge is 2.33. The summed E-state index contributed by atoms with van der Waals surface area (Å²) in [6.45, 7) is 5.45. The van der Waals surface area contributed by atoms with Crippen LogP contribution < -0.4 is 11.1 Å². The lowest BCUT2D eigenvalue weighted by Crippen LogP contribution is -2.41. The smallest absolute Gasteiger partial charge is 0.231 e. The molecule has 0 bridgehead atoms. The maximum atomic E-state index is 12.7. The zero-order valence-corrected chi connectivity index (χ0v) is 17.2. The van der Waals surface area contributed by atoms with E-state index < -0.39 is 5.41 Å². The zero-order valence-electron chi connectivity index (χ0n) is 15.6. The molecule has 3 N–H and O–H groups in total. The average Bonchev–Trinajstić information content (AvgIpc) is 2.77. The SMILES string of the molecule is CCC(CC)(CN)C(=O)Nc1ccc2c(c1)nc1n2CCCCC1.Cl.Cl. The number of aryl methyl sites for hydroxylation is 2. The molecule has 1 amide bonds. The van der Waals surface area contributed by atoms with E-state index in [4.69, 9.17) is 10.7 Å². The van der Waals surface area contributed by atoms with Gasteiger partial charge in [-0.1, -0.05) is 20.3 Å². The van der Waals surface area contributed by atoms with Crippen LogP contribution >= 0.6 is 24.8 Å². The third kappa shape index (κ3) is 4.16. The van der Waals surface area contributed by atoms with Gasteiger partial charge in [0.1, 0.15) is 5.82 Å². The number of nitrogens with zero attached hydrogens (tertiary/aromatic N) is 2. The van der Waals surface area contributed by atoms with Gasteiger partial charge in [-0.15, -0.1) is 24.8 Å². The topological polar surface area (TPSA) is 72.9 Å². The number of halogens is 2. The molecule has 0 unspecified atom stereocenters. The Morgan fingerprint density at radius 3 is 2.62 bits per heavy atom. The van der Waals surface area contributed by atoms with Crippen molar-refractivity contribution in [3.8, 4) is 0 Å². The molecule has 1 aliphatic heterocycles. The summed E-state index contributed by atoms with van der Waals surface area (Å²) in [5.74, 6) is 1.18. The Bertz CT molecular complexity index is 732. The quantitative estimate of drug-likeness (QED) is 0.784. The van der Waals surface area contributed by atoms with Crippen LogP contribution in [0.4, 0.5) is 5.69 Å². The monoisotopic (exact) mass is 400 g/mol. The molecule has 2 aromatic rings. The van der Waals surface area contributed by atoms with Crippen LogP contribution in [0.1, 0.15) is 51.8 Å². The first-order valence-corrected chi connectivity index (χ1v) is 9.14. The standard InChI is InChI=1S/C19H28N4O.2ClH/c1-3-19(4-2,13-20)18(24)21-14-9-10-16-15(12-14)22-17-8-6-5-7-11-23(16)17;;/h9-10,12H,3-8,11,13,20H2,1-2H3,(H,21,24);2*1H. The summed E-state index contributed by atoms with van der Waals surface area (Å²) >= 11 is 0. The van der Waals surface area contributed by atoms with Gasteiger partial charge in [0, 0.05) is 25.2 Å². The predicted molar refractivity (Wildman–Crippen MR) is 112 cm³/mol. The minimum absolute atomic E-state index is 0. The first-order chi connectivity index (χ1) is 11.6. The van der Waals surface area contributed by atoms with Gasteiger partial charge >= 0.3 is 0 Å². The minimum Gasteiger partial charge on any atom is -0.329 e. The van der Waals surface area contributed by atoms with Crippen molar-refractivity contribution in [3.05, 3.63) is 24.0 Å². The minimum atomic E-state index is -0.486. The second-order valence-corrected chi connectivity index (χ2v) is 6.84. The van der Waals surface area contributed by atoms with Crippen LogP contribution in [0.5, 0.6) is 0 Å². The Labute approximate surface area is 167 Å². The molecule has 1 aromatic carbocycles. The highest BCUT2D eigenvalue weighted by Crippen LogP contribution is 2.29. The third-order valence-corrected chi connectivity index (χ3v) is 5.59. The summed E-state index contributed by atoms with van der Waals surface area (Å²) in [6.07, 6.45) is 6.22. The largest absolute Gasteiger partial charge is 0.329 e. The van der Waals surface area contributed by atoms with E-state index in [1.807, 2.05) is 26.0 Å². The van der Waals surface area contributed by atoms with Crippen molar-refractivity contribution >= 4 is 47.4 Å². The normalized spacial score (nSPS) is 14.0. The van der Waals surface area contributed by atoms with Crippen LogP contribution in [-0.2, 0) is 17.8 Å². The van der Waals surface area contributed by atoms with E-state index in [9.17, 15) is 4.79 Å². The Morgan fingerprint density at radius 1 is 1.23 bits per heavy atom. The number of fused-ring (bicyclic) bond motifs is 3. The van der Waals surface area contributed by atoms with Crippen molar-refractivity contribution in [2.24, 2.45) is 11.1 Å². The summed E-state index contributed by atoms with van der Waals surface area (Å²) in [7, 11) is 0. The highest BCUT2D eigenvalue weighted by atomic mass is 35.5. The summed E-state index contributed by atoms with van der Waals surface area (Å²) in [5.41, 5.74) is 8.33. The lowest BCUT2D eigenvalue weighted by molar-refractivity contribution is -0.125. The number of hydrogen-bond donors (Lipinski definition) is 2. The summed E-state index contributed by atoms with van der Waals surface area (Å²) in [4.78, 5) is 17.5. The first-order valence-electron chi connectivity index (χ1n) is 9.14. The maximum absolute atomic E-state index is 12.7.